The third kappa shape index (κ3) is 4.67. The van der Waals surface area contributed by atoms with Crippen LogP contribution in [0.5, 0.6) is 5.75 Å². The van der Waals surface area contributed by atoms with E-state index in [1.54, 1.807) is 0 Å². The van der Waals surface area contributed by atoms with Crippen LogP contribution in [0.25, 0.3) is 0 Å². The molecule has 1 saturated heterocycles. The maximum absolute atomic E-state index is 13.2. The summed E-state index contributed by atoms with van der Waals surface area (Å²) >= 11 is 0. The predicted octanol–water partition coefficient (Wildman–Crippen LogP) is 3.39. The number of nitrogens with one attached hydrogen (secondary N) is 1. The van der Waals surface area contributed by atoms with Crippen LogP contribution in [0.15, 0.2) is 42.5 Å². The summed E-state index contributed by atoms with van der Waals surface area (Å²) in [4.78, 5) is 27.4. The lowest BCUT2D eigenvalue weighted by Crippen LogP contribution is -2.48. The molecule has 4 atom stereocenters. The van der Waals surface area contributed by atoms with Crippen molar-refractivity contribution in [2.75, 3.05) is 18.5 Å². The molecule has 7 nitrogen and oxygen atoms in total. The topological polar surface area (TPSA) is 88.1 Å². The van der Waals surface area contributed by atoms with Gasteiger partial charge in [-0.3, -0.25) is 9.59 Å². The molecule has 2 aromatic carbocycles. The summed E-state index contributed by atoms with van der Waals surface area (Å²) in [6.07, 6.45) is 3.58. The number of hydrogen-bond acceptors (Lipinski definition) is 5. The van der Waals surface area contributed by atoms with Gasteiger partial charge in [-0.1, -0.05) is 24.3 Å². The molecule has 184 valence electrons. The van der Waals surface area contributed by atoms with Crippen molar-refractivity contribution < 1.29 is 24.2 Å². The van der Waals surface area contributed by atoms with Crippen LogP contribution in [0.3, 0.4) is 0 Å². The lowest BCUT2D eigenvalue weighted by atomic mass is 9.84. The van der Waals surface area contributed by atoms with Crippen LogP contribution in [0, 0.1) is 5.92 Å². The average molecular weight is 477 g/mol. The summed E-state index contributed by atoms with van der Waals surface area (Å²) in [7, 11) is 0. The summed E-state index contributed by atoms with van der Waals surface area (Å²) in [5.41, 5.74) is 4.31. The summed E-state index contributed by atoms with van der Waals surface area (Å²) in [6.45, 7) is 1.18. The standard InChI is InChI=1S/C28H32N2O5/c31-16-25-28-23(22-12-20(7-8-24(22)35-28)29-26(32)11-17-5-6-17)13-21(34-25)14-27(33)30-10-9-18-3-1-2-4-19(18)15-30/h1-4,7-8,12,17,21,23,25,28,31H,5-6,9-11,13-16H2,(H,29,32)/t21-,23+,25+,28-/m0/s1. The zero-order chi connectivity index (χ0) is 23.9. The molecule has 3 aliphatic heterocycles. The Kier molecular flexibility index (Phi) is 5.98. The zero-order valence-corrected chi connectivity index (χ0v) is 19.8. The molecule has 2 N–H and O–H groups in total. The van der Waals surface area contributed by atoms with Gasteiger partial charge >= 0.3 is 0 Å². The van der Waals surface area contributed by atoms with Gasteiger partial charge in [-0.15, -0.1) is 0 Å². The third-order valence-corrected chi connectivity index (χ3v) is 7.84. The molecular weight excluding hydrogens is 444 g/mol. The normalized spacial score (nSPS) is 26.8. The molecule has 7 heteroatoms. The Balaban J connectivity index is 1.14. The first kappa shape index (κ1) is 22.6. The lowest BCUT2D eigenvalue weighted by molar-refractivity contribution is -0.149. The van der Waals surface area contributed by atoms with Gasteiger partial charge in [-0.2, -0.15) is 0 Å². The van der Waals surface area contributed by atoms with Crippen LogP contribution in [0.2, 0.25) is 0 Å². The molecule has 2 aromatic rings. The summed E-state index contributed by atoms with van der Waals surface area (Å²) < 4.78 is 12.3. The Morgan fingerprint density at radius 3 is 2.71 bits per heavy atom. The number of fused-ring (bicyclic) bond motifs is 4. The molecule has 2 amide bonds. The van der Waals surface area contributed by atoms with Crippen molar-refractivity contribution in [1.29, 1.82) is 0 Å². The van der Waals surface area contributed by atoms with Crippen molar-refractivity contribution in [3.8, 4) is 5.75 Å². The first-order valence-electron chi connectivity index (χ1n) is 12.8. The highest BCUT2D eigenvalue weighted by molar-refractivity contribution is 5.91. The minimum absolute atomic E-state index is 0.0102. The molecule has 4 aliphatic rings. The van der Waals surface area contributed by atoms with Gasteiger partial charge < -0.3 is 24.8 Å². The molecule has 35 heavy (non-hydrogen) atoms. The summed E-state index contributed by atoms with van der Waals surface area (Å²) in [6, 6.07) is 14.0. The van der Waals surface area contributed by atoms with E-state index in [9.17, 15) is 14.7 Å². The number of carbonyl (C=O) groups is 2. The van der Waals surface area contributed by atoms with E-state index in [1.165, 1.54) is 11.1 Å². The number of benzene rings is 2. The van der Waals surface area contributed by atoms with Crippen molar-refractivity contribution in [2.45, 2.75) is 69.3 Å². The molecule has 0 bridgehead atoms. The number of nitrogens with zero attached hydrogens (tertiary/aromatic N) is 1. The number of ether oxygens (including phenoxy) is 2. The van der Waals surface area contributed by atoms with Gasteiger partial charge in [0.05, 0.1) is 19.1 Å². The van der Waals surface area contributed by atoms with Crippen molar-refractivity contribution in [3.05, 3.63) is 59.2 Å². The van der Waals surface area contributed by atoms with Crippen LogP contribution in [-0.4, -0.2) is 53.3 Å². The molecule has 2 fully saturated rings. The zero-order valence-electron chi connectivity index (χ0n) is 19.8. The molecule has 1 aliphatic carbocycles. The van der Waals surface area contributed by atoms with Crippen molar-refractivity contribution in [3.63, 3.8) is 0 Å². The lowest BCUT2D eigenvalue weighted by Gasteiger charge is -2.38. The summed E-state index contributed by atoms with van der Waals surface area (Å²) in [5, 5.41) is 13.1. The molecule has 1 saturated carbocycles. The van der Waals surface area contributed by atoms with Crippen LogP contribution >= 0.6 is 0 Å². The molecule has 0 aromatic heterocycles. The van der Waals surface area contributed by atoms with Crippen molar-refractivity contribution in [2.24, 2.45) is 5.92 Å². The van der Waals surface area contributed by atoms with Gasteiger partial charge in [0.1, 0.15) is 18.0 Å². The Labute approximate surface area is 205 Å². The number of aliphatic hydroxyl groups is 1. The smallest absolute Gasteiger partial charge is 0.225 e. The van der Waals surface area contributed by atoms with E-state index < -0.39 is 6.10 Å². The molecule has 0 radical (unpaired) electrons. The SMILES string of the molecule is O=C(CC1CC1)Nc1ccc2c(c1)[C@H]1C[C@@H](CC(=O)N3CCc4ccccc4C3)O[C@H](CO)[C@H]1O2. The van der Waals surface area contributed by atoms with Crippen LogP contribution in [0.4, 0.5) is 5.69 Å². The van der Waals surface area contributed by atoms with Crippen LogP contribution in [0.1, 0.15) is 54.7 Å². The van der Waals surface area contributed by atoms with E-state index >= 15 is 0 Å². The van der Waals surface area contributed by atoms with Gasteiger partial charge in [0.2, 0.25) is 11.8 Å². The van der Waals surface area contributed by atoms with E-state index in [-0.39, 0.29) is 43.0 Å². The minimum Gasteiger partial charge on any atom is -0.487 e. The second kappa shape index (κ2) is 9.28. The van der Waals surface area contributed by atoms with E-state index in [2.05, 4.69) is 17.4 Å². The quantitative estimate of drug-likeness (QED) is 0.667. The Hall–Kier alpha value is -2.90. The van der Waals surface area contributed by atoms with Crippen molar-refractivity contribution in [1.82, 2.24) is 4.90 Å². The van der Waals surface area contributed by atoms with Gasteiger partial charge in [0.15, 0.2) is 0 Å². The number of hydrogen-bond donors (Lipinski definition) is 2. The van der Waals surface area contributed by atoms with Gasteiger partial charge in [-0.25, -0.2) is 0 Å². The fraction of sp³-hybridized carbons (Fsp3) is 0.500. The van der Waals surface area contributed by atoms with E-state index in [0.29, 0.717) is 31.8 Å². The van der Waals surface area contributed by atoms with E-state index in [1.807, 2.05) is 35.2 Å². The van der Waals surface area contributed by atoms with Gasteiger partial charge in [-0.05, 0) is 60.9 Å². The molecule has 6 rings (SSSR count). The molecular formula is C28H32N2O5. The van der Waals surface area contributed by atoms with E-state index in [4.69, 9.17) is 9.47 Å². The number of aliphatic hydroxyl groups excluding tert-OH is 1. The first-order valence-corrected chi connectivity index (χ1v) is 12.8. The predicted molar refractivity (Wildman–Crippen MR) is 130 cm³/mol. The second-order valence-electron chi connectivity index (χ2n) is 10.4. The number of carbonyl (C=O) groups excluding carboxylic acids is 2. The Bertz CT molecular complexity index is 1130. The van der Waals surface area contributed by atoms with Crippen molar-refractivity contribution >= 4 is 17.5 Å². The Morgan fingerprint density at radius 2 is 1.91 bits per heavy atom. The van der Waals surface area contributed by atoms with Crippen LogP contribution in [-0.2, 0) is 27.3 Å². The second-order valence-corrected chi connectivity index (χ2v) is 10.4. The fourth-order valence-electron chi connectivity index (χ4n) is 5.80. The highest BCUT2D eigenvalue weighted by Gasteiger charge is 2.46. The first-order chi connectivity index (χ1) is 17.1. The molecule has 3 heterocycles. The molecule has 0 unspecified atom stereocenters. The summed E-state index contributed by atoms with van der Waals surface area (Å²) in [5.74, 6) is 1.44. The van der Waals surface area contributed by atoms with Gasteiger partial charge in [0.25, 0.3) is 0 Å². The number of anilines is 1. The monoisotopic (exact) mass is 476 g/mol. The minimum atomic E-state index is -0.492. The van der Waals surface area contributed by atoms with E-state index in [0.717, 1.165) is 36.3 Å². The fourth-order valence-corrected chi connectivity index (χ4v) is 5.80. The largest absolute Gasteiger partial charge is 0.487 e. The number of rotatable bonds is 6. The maximum atomic E-state index is 13.2. The maximum Gasteiger partial charge on any atom is 0.225 e. The average Bonchev–Trinajstić information content (AvgIpc) is 3.61. The highest BCUT2D eigenvalue weighted by Crippen LogP contribution is 2.47. The van der Waals surface area contributed by atoms with Gasteiger partial charge in [0, 0.05) is 36.7 Å². The highest BCUT2D eigenvalue weighted by atomic mass is 16.6. The number of amides is 2. The third-order valence-electron chi connectivity index (χ3n) is 7.84. The van der Waals surface area contributed by atoms with Crippen LogP contribution < -0.4 is 10.1 Å². The Morgan fingerprint density at radius 1 is 1.09 bits per heavy atom. The molecule has 0 spiro atoms.